The van der Waals surface area contributed by atoms with E-state index >= 15 is 0 Å². The minimum absolute atomic E-state index is 0.0190. The van der Waals surface area contributed by atoms with Crippen molar-refractivity contribution in [2.24, 2.45) is 0 Å². The lowest BCUT2D eigenvalue weighted by Gasteiger charge is -2.37. The zero-order valence-corrected chi connectivity index (χ0v) is 21.0. The highest BCUT2D eigenvalue weighted by Crippen LogP contribution is 2.32. The van der Waals surface area contributed by atoms with Crippen LogP contribution in [0.15, 0.2) is 18.2 Å². The normalized spacial score (nSPS) is 17.6. The van der Waals surface area contributed by atoms with Gasteiger partial charge >= 0.3 is 0 Å². The monoisotopic (exact) mass is 451 g/mol. The predicted octanol–water partition coefficient (Wildman–Crippen LogP) is 4.56. The molecule has 1 aliphatic carbocycles. The van der Waals surface area contributed by atoms with Crippen molar-refractivity contribution in [1.29, 1.82) is 0 Å². The summed E-state index contributed by atoms with van der Waals surface area (Å²) in [6.07, 6.45) is 7.09. The highest BCUT2D eigenvalue weighted by molar-refractivity contribution is 5.93. The highest BCUT2D eigenvalue weighted by Gasteiger charge is 2.24. The summed E-state index contributed by atoms with van der Waals surface area (Å²) in [5.74, 6) is 0.957. The molecular formula is C27H41N5O. The summed E-state index contributed by atoms with van der Waals surface area (Å²) in [4.78, 5) is 22.4. The summed E-state index contributed by atoms with van der Waals surface area (Å²) < 4.78 is 2.29. The topological polar surface area (TPSA) is 53.4 Å². The molecule has 1 aromatic heterocycles. The summed E-state index contributed by atoms with van der Waals surface area (Å²) in [6, 6.07) is 7.13. The van der Waals surface area contributed by atoms with Crippen LogP contribution in [0, 0.1) is 27.7 Å². The van der Waals surface area contributed by atoms with Gasteiger partial charge in [0, 0.05) is 50.1 Å². The average molecular weight is 452 g/mol. The van der Waals surface area contributed by atoms with E-state index in [1.165, 1.54) is 42.5 Å². The summed E-state index contributed by atoms with van der Waals surface area (Å²) in [7, 11) is 0. The fraction of sp³-hybridized carbons (Fsp3) is 0.630. The fourth-order valence-electron chi connectivity index (χ4n) is 5.61. The van der Waals surface area contributed by atoms with Gasteiger partial charge in [0.05, 0.1) is 0 Å². The molecule has 2 aliphatic rings. The van der Waals surface area contributed by atoms with Crippen LogP contribution in [0.5, 0.6) is 0 Å². The van der Waals surface area contributed by atoms with Gasteiger partial charge in [-0.1, -0.05) is 25.0 Å². The van der Waals surface area contributed by atoms with Gasteiger partial charge in [0.2, 0.25) is 0 Å². The Labute approximate surface area is 199 Å². The van der Waals surface area contributed by atoms with Gasteiger partial charge in [-0.25, -0.2) is 4.98 Å². The number of amides is 1. The first-order chi connectivity index (χ1) is 16.0. The van der Waals surface area contributed by atoms with Gasteiger partial charge in [-0.2, -0.15) is 0 Å². The van der Waals surface area contributed by atoms with Crippen LogP contribution in [-0.2, 0) is 0 Å². The standard InChI is InChI=1S/C27H41N5O/c1-20-10-9-13-25(21(20)2)31-18-16-30(17-19-31)15-8-7-14-28-27(33)26-22(3)32(23(4)29-26)24-11-5-6-12-24/h9-10,13,24H,5-8,11-12,14-19H2,1-4H3,(H,28,33). The maximum Gasteiger partial charge on any atom is 0.271 e. The van der Waals surface area contributed by atoms with Gasteiger partial charge in [0.1, 0.15) is 11.5 Å². The van der Waals surface area contributed by atoms with Crippen molar-refractivity contribution >= 4 is 11.6 Å². The SMILES string of the molecule is Cc1cccc(N2CCN(CCCCNC(=O)c3nc(C)n(C4CCCC4)c3C)CC2)c1C. The first kappa shape index (κ1) is 23.8. The van der Waals surface area contributed by atoms with Crippen molar-refractivity contribution in [1.82, 2.24) is 19.8 Å². The lowest BCUT2D eigenvalue weighted by molar-refractivity contribution is 0.0947. The number of aromatic nitrogens is 2. The Morgan fingerprint density at radius 1 is 1.03 bits per heavy atom. The molecule has 1 saturated heterocycles. The van der Waals surface area contributed by atoms with Crippen LogP contribution in [0.1, 0.15) is 77.7 Å². The van der Waals surface area contributed by atoms with Gasteiger partial charge in [-0.15, -0.1) is 0 Å². The summed E-state index contributed by atoms with van der Waals surface area (Å²) in [5, 5.41) is 3.11. The third-order valence-corrected chi connectivity index (χ3v) is 7.71. The van der Waals surface area contributed by atoms with Crippen LogP contribution in [0.2, 0.25) is 0 Å². The third kappa shape index (κ3) is 5.43. The molecule has 1 aliphatic heterocycles. The molecule has 0 spiro atoms. The summed E-state index contributed by atoms with van der Waals surface area (Å²) in [5.41, 5.74) is 5.80. The van der Waals surface area contributed by atoms with E-state index in [0.717, 1.165) is 63.6 Å². The highest BCUT2D eigenvalue weighted by atomic mass is 16.1. The van der Waals surface area contributed by atoms with Crippen LogP contribution < -0.4 is 10.2 Å². The molecule has 2 fully saturated rings. The number of rotatable bonds is 8. The molecule has 0 atom stereocenters. The molecular weight excluding hydrogens is 410 g/mol. The number of nitrogens with one attached hydrogen (secondary N) is 1. The first-order valence-corrected chi connectivity index (χ1v) is 12.8. The largest absolute Gasteiger partial charge is 0.369 e. The number of benzene rings is 1. The van der Waals surface area contributed by atoms with E-state index < -0.39 is 0 Å². The number of anilines is 1. The summed E-state index contributed by atoms with van der Waals surface area (Å²) in [6.45, 7) is 14.7. The van der Waals surface area contributed by atoms with Gasteiger partial charge in [-0.3, -0.25) is 9.69 Å². The first-order valence-electron chi connectivity index (χ1n) is 12.8. The van der Waals surface area contributed by atoms with Gasteiger partial charge in [0.25, 0.3) is 5.91 Å². The molecule has 33 heavy (non-hydrogen) atoms. The number of hydrogen-bond donors (Lipinski definition) is 1. The molecule has 0 bridgehead atoms. The van der Waals surface area contributed by atoms with Crippen molar-refractivity contribution in [3.63, 3.8) is 0 Å². The van der Waals surface area contributed by atoms with Crippen LogP contribution in [-0.4, -0.2) is 59.6 Å². The van der Waals surface area contributed by atoms with E-state index in [4.69, 9.17) is 0 Å². The Bertz CT molecular complexity index is 952. The molecule has 6 heteroatoms. The van der Waals surface area contributed by atoms with Crippen LogP contribution >= 0.6 is 0 Å². The van der Waals surface area contributed by atoms with E-state index in [1.54, 1.807) is 0 Å². The second kappa shape index (κ2) is 10.7. The van der Waals surface area contributed by atoms with E-state index in [-0.39, 0.29) is 5.91 Å². The van der Waals surface area contributed by atoms with E-state index in [9.17, 15) is 4.79 Å². The van der Waals surface area contributed by atoms with E-state index in [0.29, 0.717) is 11.7 Å². The third-order valence-electron chi connectivity index (χ3n) is 7.71. The maximum absolute atomic E-state index is 12.7. The van der Waals surface area contributed by atoms with Crippen molar-refractivity contribution in [3.05, 3.63) is 46.5 Å². The van der Waals surface area contributed by atoms with Crippen molar-refractivity contribution in [2.45, 2.75) is 72.3 Å². The number of carbonyl (C=O) groups excluding carboxylic acids is 1. The quantitative estimate of drug-likeness (QED) is 0.598. The van der Waals surface area contributed by atoms with E-state index in [2.05, 4.69) is 56.7 Å². The Balaban J connectivity index is 1.17. The lowest BCUT2D eigenvalue weighted by Crippen LogP contribution is -2.47. The predicted molar refractivity (Wildman–Crippen MR) is 135 cm³/mol. The smallest absolute Gasteiger partial charge is 0.271 e. The minimum Gasteiger partial charge on any atom is -0.369 e. The number of imidazole rings is 1. The molecule has 1 amide bonds. The fourth-order valence-corrected chi connectivity index (χ4v) is 5.61. The van der Waals surface area contributed by atoms with E-state index in [1.807, 2.05) is 13.8 Å². The molecule has 2 heterocycles. The molecule has 2 aromatic rings. The maximum atomic E-state index is 12.7. The summed E-state index contributed by atoms with van der Waals surface area (Å²) >= 11 is 0. The number of unbranched alkanes of at least 4 members (excludes halogenated alkanes) is 1. The molecule has 1 aromatic carbocycles. The van der Waals surface area contributed by atoms with Crippen molar-refractivity contribution in [3.8, 4) is 0 Å². The molecule has 180 valence electrons. The molecule has 0 radical (unpaired) electrons. The van der Waals surface area contributed by atoms with Gasteiger partial charge in [-0.05, 0) is 77.1 Å². The number of piperazine rings is 1. The number of aryl methyl sites for hydroxylation is 2. The molecule has 1 N–H and O–H groups in total. The molecule has 6 nitrogen and oxygen atoms in total. The van der Waals surface area contributed by atoms with Crippen LogP contribution in [0.3, 0.4) is 0 Å². The number of nitrogens with zero attached hydrogens (tertiary/aromatic N) is 4. The zero-order chi connectivity index (χ0) is 23.4. The van der Waals surface area contributed by atoms with Crippen molar-refractivity contribution in [2.75, 3.05) is 44.2 Å². The number of carbonyl (C=O) groups is 1. The van der Waals surface area contributed by atoms with Crippen LogP contribution in [0.25, 0.3) is 0 Å². The second-order valence-electron chi connectivity index (χ2n) is 9.91. The van der Waals surface area contributed by atoms with Gasteiger partial charge in [0.15, 0.2) is 0 Å². The van der Waals surface area contributed by atoms with Gasteiger partial charge < -0.3 is 14.8 Å². The Morgan fingerprint density at radius 2 is 1.76 bits per heavy atom. The van der Waals surface area contributed by atoms with Crippen LogP contribution in [0.4, 0.5) is 5.69 Å². The number of hydrogen-bond acceptors (Lipinski definition) is 4. The molecule has 4 rings (SSSR count). The Hall–Kier alpha value is -2.34. The average Bonchev–Trinajstić information content (AvgIpc) is 3.43. The Kier molecular flexibility index (Phi) is 7.74. The lowest BCUT2D eigenvalue weighted by atomic mass is 10.1. The minimum atomic E-state index is -0.0190. The molecule has 1 saturated carbocycles. The zero-order valence-electron chi connectivity index (χ0n) is 21.0. The Morgan fingerprint density at radius 3 is 2.48 bits per heavy atom. The second-order valence-corrected chi connectivity index (χ2v) is 9.91. The van der Waals surface area contributed by atoms with Crippen molar-refractivity contribution < 1.29 is 4.79 Å². The molecule has 0 unspecified atom stereocenters.